The fourth-order valence-corrected chi connectivity index (χ4v) is 2.29. The molecule has 1 nitrogen and oxygen atoms in total. The molecule has 0 saturated carbocycles. The Morgan fingerprint density at radius 3 is 2.31 bits per heavy atom. The molecular weight excluding hydrogens is 214 g/mol. The Balaban J connectivity index is 0.000000509. The molecule has 0 unspecified atom stereocenters. The van der Waals surface area contributed by atoms with Crippen LogP contribution < -0.4 is 0 Å². The molecule has 1 aromatic carbocycles. The van der Waals surface area contributed by atoms with Crippen molar-refractivity contribution in [2.45, 2.75) is 34.6 Å². The standard InChI is InChI=1S/C10H7NS.2C2H6/c1-7-6-12-10-8(5-11)3-2-4-9(7)10;2*1-2/h2-4,6H,1H3;2*1-2H3. The number of rotatable bonds is 0. The van der Waals surface area contributed by atoms with Crippen molar-refractivity contribution in [3.8, 4) is 6.07 Å². The molecule has 0 fully saturated rings. The lowest BCUT2D eigenvalue weighted by Gasteiger charge is -1.91. The minimum Gasteiger partial charge on any atom is -0.192 e. The first-order chi connectivity index (χ1) is 7.83. The molecule has 0 spiro atoms. The van der Waals surface area contributed by atoms with Crippen LogP contribution in [0.15, 0.2) is 23.6 Å². The summed E-state index contributed by atoms with van der Waals surface area (Å²) in [5.41, 5.74) is 2.04. The van der Waals surface area contributed by atoms with Crippen LogP contribution in [0.1, 0.15) is 38.8 Å². The van der Waals surface area contributed by atoms with E-state index in [0.29, 0.717) is 0 Å². The van der Waals surface area contributed by atoms with Crippen LogP contribution in [-0.2, 0) is 0 Å². The predicted octanol–water partition coefficient (Wildman–Crippen LogP) is 5.13. The van der Waals surface area contributed by atoms with Gasteiger partial charge in [0.05, 0.1) is 10.3 Å². The maximum absolute atomic E-state index is 8.80. The van der Waals surface area contributed by atoms with Crippen LogP contribution >= 0.6 is 11.3 Å². The number of aryl methyl sites for hydroxylation is 1. The predicted molar refractivity (Wildman–Crippen MR) is 74.0 cm³/mol. The van der Waals surface area contributed by atoms with Gasteiger partial charge in [-0.15, -0.1) is 11.3 Å². The molecule has 86 valence electrons. The van der Waals surface area contributed by atoms with E-state index in [1.165, 1.54) is 10.9 Å². The molecule has 0 aliphatic rings. The van der Waals surface area contributed by atoms with E-state index in [1.54, 1.807) is 11.3 Å². The van der Waals surface area contributed by atoms with Gasteiger partial charge in [0.25, 0.3) is 0 Å². The lowest BCUT2D eigenvalue weighted by Crippen LogP contribution is -1.73. The van der Waals surface area contributed by atoms with E-state index in [-0.39, 0.29) is 0 Å². The highest BCUT2D eigenvalue weighted by Crippen LogP contribution is 2.27. The number of nitriles is 1. The Bertz CT molecular complexity index is 463. The summed E-state index contributed by atoms with van der Waals surface area (Å²) in [4.78, 5) is 0. The third-order valence-electron chi connectivity index (χ3n) is 1.91. The first-order valence-corrected chi connectivity index (χ1v) is 6.58. The Labute approximate surface area is 102 Å². The molecule has 1 aromatic heterocycles. The van der Waals surface area contributed by atoms with Crippen LogP contribution in [0.5, 0.6) is 0 Å². The molecule has 0 aliphatic heterocycles. The van der Waals surface area contributed by atoms with Gasteiger partial charge in [-0.05, 0) is 29.3 Å². The van der Waals surface area contributed by atoms with Crippen LogP contribution in [0.3, 0.4) is 0 Å². The van der Waals surface area contributed by atoms with E-state index in [2.05, 4.69) is 24.4 Å². The minimum atomic E-state index is 0.783. The van der Waals surface area contributed by atoms with E-state index in [9.17, 15) is 0 Å². The third-order valence-corrected chi connectivity index (χ3v) is 3.06. The van der Waals surface area contributed by atoms with Crippen LogP contribution in [0.25, 0.3) is 10.1 Å². The molecule has 2 rings (SSSR count). The van der Waals surface area contributed by atoms with Gasteiger partial charge in [0.2, 0.25) is 0 Å². The molecule has 2 heteroatoms. The second-order valence-electron chi connectivity index (χ2n) is 2.71. The minimum absolute atomic E-state index is 0.783. The van der Waals surface area contributed by atoms with Gasteiger partial charge in [-0.2, -0.15) is 5.26 Å². The highest BCUT2D eigenvalue weighted by molar-refractivity contribution is 7.17. The summed E-state index contributed by atoms with van der Waals surface area (Å²) in [6.07, 6.45) is 0. The van der Waals surface area contributed by atoms with Crippen molar-refractivity contribution < 1.29 is 0 Å². The van der Waals surface area contributed by atoms with E-state index >= 15 is 0 Å². The Morgan fingerprint density at radius 1 is 1.12 bits per heavy atom. The molecule has 0 amide bonds. The number of hydrogen-bond acceptors (Lipinski definition) is 2. The summed E-state index contributed by atoms with van der Waals surface area (Å²) in [6, 6.07) is 8.04. The number of fused-ring (bicyclic) bond motifs is 1. The highest BCUT2D eigenvalue weighted by Gasteiger charge is 2.03. The van der Waals surface area contributed by atoms with Crippen LogP contribution in [0, 0.1) is 18.3 Å². The first kappa shape index (κ1) is 14.7. The molecule has 0 N–H and O–H groups in total. The molecule has 16 heavy (non-hydrogen) atoms. The van der Waals surface area contributed by atoms with E-state index in [0.717, 1.165) is 10.3 Å². The van der Waals surface area contributed by atoms with Gasteiger partial charge in [-0.3, -0.25) is 0 Å². The van der Waals surface area contributed by atoms with E-state index in [1.807, 2.05) is 39.8 Å². The maximum Gasteiger partial charge on any atom is 0.101 e. The molecular formula is C14H19NS. The molecule has 0 aliphatic carbocycles. The van der Waals surface area contributed by atoms with Gasteiger partial charge in [-0.1, -0.05) is 39.8 Å². The summed E-state index contributed by atoms with van der Waals surface area (Å²) in [5, 5.41) is 12.1. The van der Waals surface area contributed by atoms with Crippen molar-refractivity contribution in [2.75, 3.05) is 0 Å². The Kier molecular flexibility index (Phi) is 7.24. The Morgan fingerprint density at radius 2 is 1.75 bits per heavy atom. The van der Waals surface area contributed by atoms with Crippen molar-refractivity contribution in [1.82, 2.24) is 0 Å². The van der Waals surface area contributed by atoms with Crippen LogP contribution in [0.4, 0.5) is 0 Å². The average Bonchev–Trinajstić information content (AvgIpc) is 2.76. The quantitative estimate of drug-likeness (QED) is 0.618. The number of thiophene rings is 1. The van der Waals surface area contributed by atoms with E-state index < -0.39 is 0 Å². The van der Waals surface area contributed by atoms with Crippen molar-refractivity contribution in [3.63, 3.8) is 0 Å². The average molecular weight is 233 g/mol. The zero-order valence-electron chi connectivity index (χ0n) is 10.7. The van der Waals surface area contributed by atoms with Crippen LogP contribution in [-0.4, -0.2) is 0 Å². The topological polar surface area (TPSA) is 23.8 Å². The van der Waals surface area contributed by atoms with Gasteiger partial charge in [0.1, 0.15) is 6.07 Å². The van der Waals surface area contributed by atoms with Gasteiger partial charge < -0.3 is 0 Å². The van der Waals surface area contributed by atoms with Crippen molar-refractivity contribution >= 4 is 21.4 Å². The second kappa shape index (κ2) is 7.90. The first-order valence-electron chi connectivity index (χ1n) is 5.70. The monoisotopic (exact) mass is 233 g/mol. The van der Waals surface area contributed by atoms with Gasteiger partial charge in [0, 0.05) is 0 Å². The van der Waals surface area contributed by atoms with E-state index in [4.69, 9.17) is 5.26 Å². The molecule has 0 saturated heterocycles. The van der Waals surface area contributed by atoms with Gasteiger partial charge in [-0.25, -0.2) is 0 Å². The van der Waals surface area contributed by atoms with Gasteiger partial charge in [0.15, 0.2) is 0 Å². The lowest BCUT2D eigenvalue weighted by atomic mass is 10.1. The maximum atomic E-state index is 8.80. The summed E-state index contributed by atoms with van der Waals surface area (Å²) in [7, 11) is 0. The zero-order valence-corrected chi connectivity index (χ0v) is 11.5. The van der Waals surface area contributed by atoms with Gasteiger partial charge >= 0.3 is 0 Å². The second-order valence-corrected chi connectivity index (χ2v) is 3.59. The van der Waals surface area contributed by atoms with Crippen LogP contribution in [0.2, 0.25) is 0 Å². The molecule has 1 heterocycles. The largest absolute Gasteiger partial charge is 0.192 e. The van der Waals surface area contributed by atoms with Crippen molar-refractivity contribution in [1.29, 1.82) is 5.26 Å². The molecule has 0 radical (unpaired) electrons. The summed E-state index contributed by atoms with van der Waals surface area (Å²) in [5.74, 6) is 0. The summed E-state index contributed by atoms with van der Waals surface area (Å²) >= 11 is 1.64. The highest BCUT2D eigenvalue weighted by atomic mass is 32.1. The Hall–Kier alpha value is -1.33. The third kappa shape index (κ3) is 3.08. The van der Waals surface area contributed by atoms with Crippen molar-refractivity contribution in [2.24, 2.45) is 0 Å². The normalized spacial score (nSPS) is 8.25. The lowest BCUT2D eigenvalue weighted by molar-refractivity contribution is 1.50. The fourth-order valence-electron chi connectivity index (χ4n) is 1.27. The number of nitrogens with zero attached hydrogens (tertiary/aromatic N) is 1. The smallest absolute Gasteiger partial charge is 0.101 e. The fraction of sp³-hybridized carbons (Fsp3) is 0.357. The van der Waals surface area contributed by atoms with Crippen molar-refractivity contribution in [3.05, 3.63) is 34.7 Å². The summed E-state index contributed by atoms with van der Waals surface area (Å²) in [6.45, 7) is 10.1. The summed E-state index contributed by atoms with van der Waals surface area (Å²) < 4.78 is 1.11. The molecule has 0 bridgehead atoms. The molecule has 0 atom stereocenters. The molecule has 2 aromatic rings. The number of hydrogen-bond donors (Lipinski definition) is 0. The number of benzene rings is 1. The SMILES string of the molecule is CC.CC.Cc1csc2c(C#N)cccc12. The zero-order chi connectivity index (χ0) is 12.6.